The predicted molar refractivity (Wildman–Crippen MR) is 141 cm³/mol. The van der Waals surface area contributed by atoms with Crippen molar-refractivity contribution in [1.82, 2.24) is 4.90 Å². The van der Waals surface area contributed by atoms with Gasteiger partial charge in [-0.2, -0.15) is 0 Å². The molecule has 2 heteroatoms. The van der Waals surface area contributed by atoms with E-state index in [1.165, 1.54) is 120 Å². The minimum atomic E-state index is 0.780. The van der Waals surface area contributed by atoms with Gasteiger partial charge in [0.1, 0.15) is 0 Å². The van der Waals surface area contributed by atoms with E-state index in [1.807, 2.05) is 11.1 Å². The smallest absolute Gasteiger partial charge is 0.0290 e. The minimum Gasteiger partial charge on any atom is -0.369 e. The van der Waals surface area contributed by atoms with Crippen LogP contribution in [0.2, 0.25) is 0 Å². The second-order valence-electron chi connectivity index (χ2n) is 11.2. The third-order valence-corrected chi connectivity index (χ3v) is 9.95. The Bertz CT molecular complexity index is 710. The number of allylic oxidation sites excluding steroid dienone is 8. The summed E-state index contributed by atoms with van der Waals surface area (Å²) < 4.78 is 1.38. The van der Waals surface area contributed by atoms with Crippen molar-refractivity contribution in [2.24, 2.45) is 11.8 Å². The van der Waals surface area contributed by atoms with E-state index >= 15 is 0 Å². The van der Waals surface area contributed by atoms with Gasteiger partial charge >= 0.3 is 0 Å². The van der Waals surface area contributed by atoms with Crippen molar-refractivity contribution in [3.8, 4) is 0 Å². The molecule has 2 saturated carbocycles. The molecule has 5 aliphatic rings. The molecule has 0 unspecified atom stereocenters. The molecular weight excluding hydrogens is 454 g/mol. The fraction of sp³-hybridized carbons (Fsp3) is 0.733. The molecule has 0 spiro atoms. The Morgan fingerprint density at radius 1 is 0.594 bits per heavy atom. The summed E-state index contributed by atoms with van der Waals surface area (Å²) in [6.45, 7) is 0. The molecule has 0 bridgehead atoms. The second kappa shape index (κ2) is 11.1. The van der Waals surface area contributed by atoms with Crippen LogP contribution in [-0.2, 0) is 0 Å². The predicted octanol–water partition coefficient (Wildman–Crippen LogP) is 9.36. The van der Waals surface area contributed by atoms with E-state index in [4.69, 9.17) is 0 Å². The zero-order valence-electron chi connectivity index (χ0n) is 20.2. The van der Waals surface area contributed by atoms with Crippen molar-refractivity contribution in [1.29, 1.82) is 0 Å². The van der Waals surface area contributed by atoms with Crippen molar-refractivity contribution in [2.75, 3.05) is 0 Å². The quantitative estimate of drug-likeness (QED) is 0.341. The number of nitrogens with zero attached hydrogens (tertiary/aromatic N) is 1. The van der Waals surface area contributed by atoms with Gasteiger partial charge in [0, 0.05) is 17.8 Å². The van der Waals surface area contributed by atoms with Gasteiger partial charge < -0.3 is 4.90 Å². The van der Waals surface area contributed by atoms with Crippen LogP contribution < -0.4 is 0 Å². The average Bonchev–Trinajstić information content (AvgIpc) is 2.87. The van der Waals surface area contributed by atoms with E-state index in [9.17, 15) is 0 Å². The maximum absolute atomic E-state index is 3.75. The van der Waals surface area contributed by atoms with Crippen LogP contribution in [0.15, 0.2) is 45.6 Å². The molecule has 1 nitrogen and oxygen atoms in total. The van der Waals surface area contributed by atoms with Crippen molar-refractivity contribution < 1.29 is 0 Å². The summed E-state index contributed by atoms with van der Waals surface area (Å²) in [6.07, 6.45) is 35.0. The minimum absolute atomic E-state index is 0.780. The lowest BCUT2D eigenvalue weighted by Crippen LogP contribution is -2.46. The zero-order chi connectivity index (χ0) is 21.8. The van der Waals surface area contributed by atoms with Crippen molar-refractivity contribution in [2.45, 2.75) is 128 Å². The monoisotopic (exact) mass is 497 g/mol. The molecule has 176 valence electrons. The summed E-state index contributed by atoms with van der Waals surface area (Å²) >= 11 is 3.75. The lowest BCUT2D eigenvalue weighted by atomic mass is 9.75. The molecular formula is C30H44BrN. The van der Waals surface area contributed by atoms with E-state index in [2.05, 4.69) is 45.1 Å². The molecule has 0 aliphatic heterocycles. The largest absolute Gasteiger partial charge is 0.369 e. The van der Waals surface area contributed by atoms with Gasteiger partial charge in [0.05, 0.1) is 0 Å². The summed E-state index contributed by atoms with van der Waals surface area (Å²) in [5, 5.41) is 0. The Balaban J connectivity index is 1.26. The molecule has 0 heterocycles. The number of rotatable bonds is 5. The highest BCUT2D eigenvalue weighted by Crippen LogP contribution is 2.43. The van der Waals surface area contributed by atoms with Gasteiger partial charge in [-0.3, -0.25) is 0 Å². The highest BCUT2D eigenvalue weighted by atomic mass is 79.9. The van der Waals surface area contributed by atoms with E-state index < -0.39 is 0 Å². The molecule has 0 saturated heterocycles. The fourth-order valence-electron chi connectivity index (χ4n) is 7.50. The Kier molecular flexibility index (Phi) is 7.99. The first-order chi connectivity index (χ1) is 15.8. The van der Waals surface area contributed by atoms with Crippen LogP contribution in [0.1, 0.15) is 116 Å². The number of hydrogen-bond acceptors (Lipinski definition) is 1. The van der Waals surface area contributed by atoms with Crippen LogP contribution >= 0.6 is 15.9 Å². The summed E-state index contributed by atoms with van der Waals surface area (Å²) in [5.74, 6) is 1.80. The van der Waals surface area contributed by atoms with E-state index in [1.54, 1.807) is 5.70 Å². The highest BCUT2D eigenvalue weighted by molar-refractivity contribution is 9.11. The normalized spacial score (nSPS) is 34.2. The number of hydrogen-bond donors (Lipinski definition) is 0. The molecule has 0 aromatic heterocycles. The Labute approximate surface area is 205 Å². The molecule has 5 aliphatic carbocycles. The van der Waals surface area contributed by atoms with E-state index in [0.717, 1.165) is 23.9 Å². The van der Waals surface area contributed by atoms with Crippen LogP contribution in [0.25, 0.3) is 0 Å². The average molecular weight is 499 g/mol. The van der Waals surface area contributed by atoms with Crippen molar-refractivity contribution in [3.63, 3.8) is 0 Å². The van der Waals surface area contributed by atoms with Crippen molar-refractivity contribution in [3.05, 3.63) is 45.6 Å². The first kappa shape index (κ1) is 23.0. The van der Waals surface area contributed by atoms with Gasteiger partial charge in [-0.25, -0.2) is 0 Å². The lowest BCUT2D eigenvalue weighted by molar-refractivity contribution is 0.0964. The first-order valence-electron chi connectivity index (χ1n) is 14.0. The zero-order valence-corrected chi connectivity index (χ0v) is 21.8. The molecule has 0 amide bonds. The summed E-state index contributed by atoms with van der Waals surface area (Å²) in [4.78, 5) is 2.98. The standard InChI is InChI=1S/C30H44BrN/c31-27-15-21-30(22-16-27)32(28-17-11-25(12-18-28)23-7-3-1-4-8-23)29-19-13-26(14-20-29)24-9-5-2-6-10-24/h7,9,15,21,25-26,28-29H,1-6,8,10-14,16-20,22H2. The van der Waals surface area contributed by atoms with Gasteiger partial charge in [0.25, 0.3) is 0 Å². The molecule has 0 N–H and O–H groups in total. The van der Waals surface area contributed by atoms with Gasteiger partial charge in [-0.05, 0) is 138 Å². The Morgan fingerprint density at radius 2 is 1.12 bits per heavy atom. The Morgan fingerprint density at radius 3 is 1.53 bits per heavy atom. The molecule has 0 aromatic carbocycles. The SMILES string of the molecule is BrC1=CC=C(N(C2CCC(C3=CCCCC3)CC2)C2CCC(C3=CCCCC3)CC2)CC1. The fourth-order valence-corrected chi connectivity index (χ4v) is 7.83. The van der Waals surface area contributed by atoms with Crippen molar-refractivity contribution >= 4 is 15.9 Å². The maximum Gasteiger partial charge on any atom is 0.0290 e. The van der Waals surface area contributed by atoms with E-state index in [-0.39, 0.29) is 0 Å². The van der Waals surface area contributed by atoms with E-state index in [0.29, 0.717) is 0 Å². The molecule has 5 rings (SSSR count). The van der Waals surface area contributed by atoms with Gasteiger partial charge in [0.2, 0.25) is 0 Å². The molecule has 2 fully saturated rings. The van der Waals surface area contributed by atoms with Crippen LogP contribution in [0.5, 0.6) is 0 Å². The third-order valence-electron chi connectivity index (χ3n) is 9.29. The van der Waals surface area contributed by atoms with Crippen LogP contribution in [-0.4, -0.2) is 17.0 Å². The Hall–Kier alpha value is -0.760. The highest BCUT2D eigenvalue weighted by Gasteiger charge is 2.35. The van der Waals surface area contributed by atoms with Crippen LogP contribution in [0.3, 0.4) is 0 Å². The van der Waals surface area contributed by atoms with Gasteiger partial charge in [-0.15, -0.1) is 0 Å². The summed E-state index contributed by atoms with van der Waals surface area (Å²) in [7, 11) is 0. The first-order valence-corrected chi connectivity index (χ1v) is 14.8. The molecule has 0 atom stereocenters. The second-order valence-corrected chi connectivity index (χ2v) is 12.3. The van der Waals surface area contributed by atoms with Crippen LogP contribution in [0.4, 0.5) is 0 Å². The lowest BCUT2D eigenvalue weighted by Gasteiger charge is -2.47. The summed E-state index contributed by atoms with van der Waals surface area (Å²) in [6, 6.07) is 1.56. The molecule has 32 heavy (non-hydrogen) atoms. The number of halogens is 1. The van der Waals surface area contributed by atoms with Crippen LogP contribution in [0, 0.1) is 11.8 Å². The topological polar surface area (TPSA) is 3.24 Å². The van der Waals surface area contributed by atoms with Gasteiger partial charge in [0.15, 0.2) is 0 Å². The molecule has 0 radical (unpaired) electrons. The molecule has 0 aromatic rings. The maximum atomic E-state index is 3.75. The summed E-state index contributed by atoms with van der Waals surface area (Å²) in [5.41, 5.74) is 5.30. The third kappa shape index (κ3) is 5.48. The van der Waals surface area contributed by atoms with Gasteiger partial charge in [-0.1, -0.05) is 45.3 Å².